The highest BCUT2D eigenvalue weighted by molar-refractivity contribution is 5.34. The van der Waals surface area contributed by atoms with Gasteiger partial charge in [-0.25, -0.2) is 19.9 Å². The lowest BCUT2D eigenvalue weighted by atomic mass is 10.3. The van der Waals surface area contributed by atoms with Gasteiger partial charge in [0.2, 0.25) is 23.8 Å². The van der Waals surface area contributed by atoms with Crippen molar-refractivity contribution in [2.45, 2.75) is 68.2 Å². The molecular weight excluding hydrogens is 560 g/mol. The number of rotatable bonds is 15. The van der Waals surface area contributed by atoms with Crippen molar-refractivity contribution in [3.05, 3.63) is 46.6 Å². The molecule has 0 saturated heterocycles. The molecule has 4 heterocycles. The Hall–Kier alpha value is -4.76. The van der Waals surface area contributed by atoms with Crippen LogP contribution in [0.4, 0.5) is 23.8 Å². The summed E-state index contributed by atoms with van der Waals surface area (Å²) in [5.41, 5.74) is 0. The molecule has 0 spiro atoms. The van der Waals surface area contributed by atoms with Gasteiger partial charge in [-0.05, 0) is 68.2 Å². The van der Waals surface area contributed by atoms with E-state index in [2.05, 4.69) is 80.2 Å². The zero-order valence-corrected chi connectivity index (χ0v) is 26.9. The van der Waals surface area contributed by atoms with E-state index in [1.54, 1.807) is 0 Å². The van der Waals surface area contributed by atoms with E-state index in [1.807, 2.05) is 55.4 Å². The molecule has 4 aromatic rings. The Morgan fingerprint density at radius 1 is 0.364 bits per heavy atom. The van der Waals surface area contributed by atoms with Gasteiger partial charge in [0.15, 0.2) is 0 Å². The molecule has 0 unspecified atom stereocenters. The third-order valence-electron chi connectivity index (χ3n) is 6.39. The van der Waals surface area contributed by atoms with Gasteiger partial charge in [0.05, 0.1) is 0 Å². The van der Waals surface area contributed by atoms with Crippen LogP contribution in [0.1, 0.15) is 59.4 Å². The summed E-state index contributed by atoms with van der Waals surface area (Å²) in [6, 6.07) is 0. The van der Waals surface area contributed by atoms with Gasteiger partial charge in [-0.15, -0.1) is 0 Å². The predicted octanol–water partition coefficient (Wildman–Crippen LogP) is 2.21. The number of nitrogens with one attached hydrogen (secondary N) is 2. The zero-order chi connectivity index (χ0) is 31.6. The molecule has 44 heavy (non-hydrogen) atoms. The standard InChI is InChI=1S/C28H42N16/c1-17-31-18(2)36-25(35-17)29-11-9-13-43(27-39-21(5)33-22(6)40-27)15-16-44(28-41-23(7)34-24(8)42-28)14-10-12-30-26-37-19(3)32-20(4)38-26/h9-16H2,1-8H3,(H,29,31,35,36)(H,30,32,37,38). The van der Waals surface area contributed by atoms with E-state index in [4.69, 9.17) is 0 Å². The fourth-order valence-electron chi connectivity index (χ4n) is 4.67. The molecule has 234 valence electrons. The fourth-order valence-corrected chi connectivity index (χ4v) is 4.67. The van der Waals surface area contributed by atoms with Crippen molar-refractivity contribution in [2.24, 2.45) is 0 Å². The van der Waals surface area contributed by atoms with Crippen LogP contribution in [0.25, 0.3) is 0 Å². The number of hydrogen-bond donors (Lipinski definition) is 2. The molecule has 0 aliphatic carbocycles. The summed E-state index contributed by atoms with van der Waals surface area (Å²) in [6.45, 7) is 19.1. The first-order valence-corrected chi connectivity index (χ1v) is 14.8. The van der Waals surface area contributed by atoms with Crippen LogP contribution in [0.3, 0.4) is 0 Å². The SMILES string of the molecule is Cc1nc(C)nc(NCCCN(CCN(CCCNc2nc(C)nc(C)n2)c2nc(C)nc(C)n2)c2nc(C)nc(C)n2)n1. The van der Waals surface area contributed by atoms with Gasteiger partial charge in [0.1, 0.15) is 46.6 Å². The van der Waals surface area contributed by atoms with Gasteiger partial charge in [-0.3, -0.25) is 0 Å². The monoisotopic (exact) mass is 602 g/mol. The molecule has 4 rings (SSSR count). The van der Waals surface area contributed by atoms with Crippen molar-refractivity contribution < 1.29 is 0 Å². The quantitative estimate of drug-likeness (QED) is 0.188. The minimum absolute atomic E-state index is 0.580. The van der Waals surface area contributed by atoms with E-state index in [1.165, 1.54) is 0 Å². The molecule has 0 fully saturated rings. The van der Waals surface area contributed by atoms with Crippen LogP contribution in [0.5, 0.6) is 0 Å². The number of hydrogen-bond acceptors (Lipinski definition) is 16. The van der Waals surface area contributed by atoms with Crippen molar-refractivity contribution in [2.75, 3.05) is 59.7 Å². The molecule has 0 aliphatic heterocycles. The van der Waals surface area contributed by atoms with Crippen LogP contribution in [-0.4, -0.2) is 99.1 Å². The highest BCUT2D eigenvalue weighted by Gasteiger charge is 2.17. The van der Waals surface area contributed by atoms with Crippen molar-refractivity contribution >= 4 is 23.8 Å². The van der Waals surface area contributed by atoms with Crippen LogP contribution in [0.15, 0.2) is 0 Å². The van der Waals surface area contributed by atoms with Gasteiger partial charge in [0, 0.05) is 39.3 Å². The average Bonchev–Trinajstić information content (AvgIpc) is 2.91. The van der Waals surface area contributed by atoms with Gasteiger partial charge >= 0.3 is 0 Å². The second-order valence-electron chi connectivity index (χ2n) is 10.5. The number of aromatic nitrogens is 12. The first-order chi connectivity index (χ1) is 21.0. The first kappa shape index (κ1) is 32.2. The normalized spacial score (nSPS) is 11.0. The molecule has 0 aliphatic rings. The van der Waals surface area contributed by atoms with Crippen molar-refractivity contribution in [1.82, 2.24) is 59.8 Å². The van der Waals surface area contributed by atoms with Crippen molar-refractivity contribution in [1.29, 1.82) is 0 Å². The van der Waals surface area contributed by atoms with Gasteiger partial charge in [0.25, 0.3) is 0 Å². The smallest absolute Gasteiger partial charge is 0.228 e. The Bertz CT molecular complexity index is 1350. The summed E-state index contributed by atoms with van der Waals surface area (Å²) in [6.07, 6.45) is 1.62. The summed E-state index contributed by atoms with van der Waals surface area (Å²) >= 11 is 0. The average molecular weight is 603 g/mol. The third kappa shape index (κ3) is 9.91. The molecule has 16 heteroatoms. The molecule has 0 aromatic carbocycles. The van der Waals surface area contributed by atoms with Crippen LogP contribution in [0.2, 0.25) is 0 Å². The van der Waals surface area contributed by atoms with Crippen molar-refractivity contribution in [3.8, 4) is 0 Å². The minimum Gasteiger partial charge on any atom is -0.354 e. The fraction of sp³-hybridized carbons (Fsp3) is 0.571. The van der Waals surface area contributed by atoms with Crippen molar-refractivity contribution in [3.63, 3.8) is 0 Å². The van der Waals surface area contributed by atoms with E-state index in [-0.39, 0.29) is 0 Å². The Kier molecular flexibility index (Phi) is 11.0. The predicted molar refractivity (Wildman–Crippen MR) is 168 cm³/mol. The maximum absolute atomic E-state index is 4.66. The second kappa shape index (κ2) is 15.1. The number of aryl methyl sites for hydroxylation is 8. The van der Waals surface area contributed by atoms with Crippen LogP contribution in [0, 0.1) is 55.4 Å². The Labute approximate surface area is 258 Å². The van der Waals surface area contributed by atoms with E-state index in [0.29, 0.717) is 110 Å². The van der Waals surface area contributed by atoms with Gasteiger partial charge in [-0.1, -0.05) is 0 Å². The molecule has 0 amide bonds. The van der Waals surface area contributed by atoms with E-state index in [9.17, 15) is 0 Å². The van der Waals surface area contributed by atoms with Gasteiger partial charge < -0.3 is 20.4 Å². The maximum atomic E-state index is 4.66. The molecule has 2 N–H and O–H groups in total. The first-order valence-electron chi connectivity index (χ1n) is 14.8. The zero-order valence-electron chi connectivity index (χ0n) is 26.9. The van der Waals surface area contributed by atoms with Crippen LogP contribution < -0.4 is 20.4 Å². The third-order valence-corrected chi connectivity index (χ3v) is 6.39. The molecular formula is C28H42N16. The van der Waals surface area contributed by atoms with Crippen LogP contribution in [-0.2, 0) is 0 Å². The second-order valence-corrected chi connectivity index (χ2v) is 10.5. The molecule has 0 radical (unpaired) electrons. The maximum Gasteiger partial charge on any atom is 0.228 e. The Morgan fingerprint density at radius 2 is 0.636 bits per heavy atom. The van der Waals surface area contributed by atoms with E-state index < -0.39 is 0 Å². The number of nitrogens with zero attached hydrogens (tertiary/aromatic N) is 14. The summed E-state index contributed by atoms with van der Waals surface area (Å²) in [5, 5.41) is 6.63. The topological polar surface area (TPSA) is 185 Å². The molecule has 0 saturated carbocycles. The lowest BCUT2D eigenvalue weighted by Crippen LogP contribution is -2.39. The Morgan fingerprint density at radius 3 is 0.932 bits per heavy atom. The largest absolute Gasteiger partial charge is 0.354 e. The van der Waals surface area contributed by atoms with Crippen LogP contribution >= 0.6 is 0 Å². The number of anilines is 4. The lowest BCUT2D eigenvalue weighted by Gasteiger charge is -2.28. The highest BCUT2D eigenvalue weighted by atomic mass is 15.3. The molecule has 4 aromatic heterocycles. The molecule has 0 bridgehead atoms. The lowest BCUT2D eigenvalue weighted by molar-refractivity contribution is 0.658. The Balaban J connectivity index is 1.45. The summed E-state index contributed by atoms with van der Waals surface area (Å²) in [7, 11) is 0. The molecule has 0 atom stereocenters. The summed E-state index contributed by atoms with van der Waals surface area (Å²) < 4.78 is 0. The molecule has 16 nitrogen and oxygen atoms in total. The van der Waals surface area contributed by atoms with E-state index in [0.717, 1.165) is 12.8 Å². The highest BCUT2D eigenvalue weighted by Crippen LogP contribution is 2.13. The summed E-state index contributed by atoms with van der Waals surface area (Å²) in [4.78, 5) is 57.8. The minimum atomic E-state index is 0.580. The van der Waals surface area contributed by atoms with E-state index >= 15 is 0 Å². The summed E-state index contributed by atoms with van der Waals surface area (Å²) in [5.74, 6) is 7.94. The van der Waals surface area contributed by atoms with Gasteiger partial charge in [-0.2, -0.15) is 39.9 Å².